The van der Waals surface area contributed by atoms with Gasteiger partial charge in [-0.25, -0.2) is 0 Å². The molecule has 0 saturated heterocycles. The highest BCUT2D eigenvalue weighted by atomic mass is 32.1. The Morgan fingerprint density at radius 1 is 1.21 bits per heavy atom. The van der Waals surface area contributed by atoms with Crippen LogP contribution in [0.3, 0.4) is 0 Å². The Labute approximate surface area is 144 Å². The number of amides is 1. The molecule has 0 spiro atoms. The summed E-state index contributed by atoms with van der Waals surface area (Å²) in [6.07, 6.45) is 4.46. The lowest BCUT2D eigenvalue weighted by atomic mass is 10.2. The van der Waals surface area contributed by atoms with Crippen molar-refractivity contribution < 1.29 is 4.79 Å². The number of hydrogen-bond donors (Lipinski definition) is 0. The van der Waals surface area contributed by atoms with Gasteiger partial charge in [0, 0.05) is 31.0 Å². The summed E-state index contributed by atoms with van der Waals surface area (Å²) in [5.74, 6) is 0.127. The molecule has 3 aromatic heterocycles. The van der Waals surface area contributed by atoms with Crippen LogP contribution >= 0.6 is 11.3 Å². The summed E-state index contributed by atoms with van der Waals surface area (Å²) < 4.78 is 2.03. The summed E-state index contributed by atoms with van der Waals surface area (Å²) in [4.78, 5) is 19.7. The average Bonchev–Trinajstić information content (AvgIpc) is 3.16. The summed E-state index contributed by atoms with van der Waals surface area (Å²) in [6, 6.07) is 8.00. The lowest BCUT2D eigenvalue weighted by Crippen LogP contribution is -2.30. The molecule has 1 amide bonds. The topological polar surface area (TPSA) is 51.0 Å². The van der Waals surface area contributed by atoms with E-state index in [4.69, 9.17) is 5.10 Å². The molecule has 122 valence electrons. The number of aromatic nitrogens is 3. The second kappa shape index (κ2) is 6.20. The second-order valence-corrected chi connectivity index (χ2v) is 6.91. The third-order valence-electron chi connectivity index (χ3n) is 4.33. The summed E-state index contributed by atoms with van der Waals surface area (Å²) in [5, 5.41) is 6.69. The zero-order valence-electron chi connectivity index (χ0n) is 13.5. The Kier molecular flexibility index (Phi) is 3.90. The maximum Gasteiger partial charge on any atom is 0.264 e. The largest absolute Gasteiger partial charge is 0.332 e. The molecule has 4 heterocycles. The molecule has 0 aliphatic carbocycles. The van der Waals surface area contributed by atoms with Crippen molar-refractivity contribution in [3.63, 3.8) is 0 Å². The van der Waals surface area contributed by atoms with E-state index in [-0.39, 0.29) is 5.91 Å². The van der Waals surface area contributed by atoms with Gasteiger partial charge in [-0.1, -0.05) is 0 Å². The summed E-state index contributed by atoms with van der Waals surface area (Å²) in [6.45, 7) is 4.21. The van der Waals surface area contributed by atoms with E-state index < -0.39 is 0 Å². The summed E-state index contributed by atoms with van der Waals surface area (Å²) >= 11 is 1.52. The minimum Gasteiger partial charge on any atom is -0.332 e. The van der Waals surface area contributed by atoms with Crippen LogP contribution in [0.15, 0.2) is 42.0 Å². The van der Waals surface area contributed by atoms with E-state index in [2.05, 4.69) is 11.1 Å². The molecule has 24 heavy (non-hydrogen) atoms. The van der Waals surface area contributed by atoms with Crippen molar-refractivity contribution in [1.82, 2.24) is 19.7 Å². The Morgan fingerprint density at radius 3 is 2.79 bits per heavy atom. The zero-order valence-corrected chi connectivity index (χ0v) is 14.3. The number of pyridine rings is 1. The smallest absolute Gasteiger partial charge is 0.264 e. The Balaban J connectivity index is 1.62. The molecule has 0 bridgehead atoms. The molecule has 0 radical (unpaired) electrons. The van der Waals surface area contributed by atoms with Crippen molar-refractivity contribution >= 4 is 17.2 Å². The number of nitrogens with zero attached hydrogens (tertiary/aromatic N) is 4. The van der Waals surface area contributed by atoms with Gasteiger partial charge in [0.2, 0.25) is 0 Å². The molecule has 1 aliphatic rings. The molecule has 0 saturated carbocycles. The highest BCUT2D eigenvalue weighted by molar-refractivity contribution is 7.12. The molecular formula is C18H18N4OS. The first-order chi connectivity index (χ1) is 11.7. The lowest BCUT2D eigenvalue weighted by Gasteiger charge is -2.19. The Bertz CT molecular complexity index is 868. The van der Waals surface area contributed by atoms with Gasteiger partial charge in [0.15, 0.2) is 0 Å². The Hall–Kier alpha value is -2.47. The van der Waals surface area contributed by atoms with E-state index in [0.717, 1.165) is 46.9 Å². The van der Waals surface area contributed by atoms with Gasteiger partial charge >= 0.3 is 0 Å². The van der Waals surface area contributed by atoms with Gasteiger partial charge in [-0.3, -0.25) is 14.5 Å². The fourth-order valence-corrected chi connectivity index (χ4v) is 3.93. The van der Waals surface area contributed by atoms with Crippen molar-refractivity contribution in [3.8, 4) is 11.3 Å². The van der Waals surface area contributed by atoms with Crippen LogP contribution in [-0.2, 0) is 13.1 Å². The Morgan fingerprint density at radius 2 is 2.04 bits per heavy atom. The quantitative estimate of drug-likeness (QED) is 0.720. The molecule has 4 rings (SSSR count). The normalized spacial score (nSPS) is 14.3. The van der Waals surface area contributed by atoms with E-state index in [1.54, 1.807) is 12.4 Å². The van der Waals surface area contributed by atoms with Gasteiger partial charge in [0.05, 0.1) is 22.8 Å². The fraction of sp³-hybridized carbons (Fsp3) is 0.278. The molecule has 5 nitrogen and oxygen atoms in total. The van der Waals surface area contributed by atoms with E-state index >= 15 is 0 Å². The molecule has 3 aromatic rings. The first-order valence-electron chi connectivity index (χ1n) is 8.03. The molecule has 0 N–H and O–H groups in total. The van der Waals surface area contributed by atoms with Crippen LogP contribution in [0.1, 0.15) is 27.3 Å². The van der Waals surface area contributed by atoms with Crippen molar-refractivity contribution in [3.05, 3.63) is 58.2 Å². The number of carbonyl (C=O) groups is 1. The van der Waals surface area contributed by atoms with Crippen molar-refractivity contribution in [2.24, 2.45) is 0 Å². The van der Waals surface area contributed by atoms with Crippen molar-refractivity contribution in [1.29, 1.82) is 0 Å². The van der Waals surface area contributed by atoms with Crippen LogP contribution < -0.4 is 0 Å². The van der Waals surface area contributed by atoms with E-state index in [1.165, 1.54) is 11.3 Å². The standard InChI is InChI=1S/C18H18N4OS/c1-13-5-10-24-17(13)18(23)21-8-2-9-22-15(12-21)11-16(20-22)14-3-6-19-7-4-14/h3-7,10-11H,2,8-9,12H2,1H3. The molecule has 0 aromatic carbocycles. The third-order valence-corrected chi connectivity index (χ3v) is 5.34. The maximum absolute atomic E-state index is 12.8. The number of hydrogen-bond acceptors (Lipinski definition) is 4. The van der Waals surface area contributed by atoms with Crippen LogP contribution in [-0.4, -0.2) is 32.1 Å². The number of carbonyl (C=O) groups excluding carboxylic acids is 1. The average molecular weight is 338 g/mol. The maximum atomic E-state index is 12.8. The van der Waals surface area contributed by atoms with Gasteiger partial charge in [-0.15, -0.1) is 11.3 Å². The lowest BCUT2D eigenvalue weighted by molar-refractivity contribution is 0.0750. The van der Waals surface area contributed by atoms with Crippen molar-refractivity contribution in [2.75, 3.05) is 6.54 Å². The fourth-order valence-electron chi connectivity index (χ4n) is 3.03. The summed E-state index contributed by atoms with van der Waals surface area (Å²) in [5.41, 5.74) is 4.13. The molecular weight excluding hydrogens is 320 g/mol. The van der Waals surface area contributed by atoms with Gasteiger partial charge in [-0.05, 0) is 48.6 Å². The van der Waals surface area contributed by atoms with Crippen LogP contribution in [0.2, 0.25) is 0 Å². The number of thiophene rings is 1. The van der Waals surface area contributed by atoms with E-state index in [1.807, 2.05) is 40.1 Å². The molecule has 0 fully saturated rings. The van der Waals surface area contributed by atoms with Crippen LogP contribution in [0.25, 0.3) is 11.3 Å². The van der Waals surface area contributed by atoms with Gasteiger partial charge < -0.3 is 4.90 Å². The number of fused-ring (bicyclic) bond motifs is 1. The van der Waals surface area contributed by atoms with E-state index in [9.17, 15) is 4.79 Å². The summed E-state index contributed by atoms with van der Waals surface area (Å²) in [7, 11) is 0. The first-order valence-corrected chi connectivity index (χ1v) is 8.91. The van der Waals surface area contributed by atoms with Crippen LogP contribution in [0, 0.1) is 6.92 Å². The van der Waals surface area contributed by atoms with Crippen molar-refractivity contribution in [2.45, 2.75) is 26.4 Å². The highest BCUT2D eigenvalue weighted by Gasteiger charge is 2.23. The monoisotopic (exact) mass is 338 g/mol. The second-order valence-electron chi connectivity index (χ2n) is 5.99. The minimum atomic E-state index is 0.127. The SMILES string of the molecule is Cc1ccsc1C(=O)N1CCCn2nc(-c3ccncc3)cc2C1. The number of aryl methyl sites for hydroxylation is 2. The number of rotatable bonds is 2. The molecule has 1 aliphatic heterocycles. The van der Waals surface area contributed by atoms with Crippen LogP contribution in [0.5, 0.6) is 0 Å². The minimum absolute atomic E-state index is 0.127. The molecule has 0 unspecified atom stereocenters. The molecule has 6 heteroatoms. The van der Waals surface area contributed by atoms with Gasteiger partial charge in [0.1, 0.15) is 0 Å². The molecule has 0 atom stereocenters. The zero-order chi connectivity index (χ0) is 16.5. The van der Waals surface area contributed by atoms with E-state index in [0.29, 0.717) is 6.54 Å². The van der Waals surface area contributed by atoms with Gasteiger partial charge in [-0.2, -0.15) is 5.10 Å². The predicted molar refractivity (Wildman–Crippen MR) is 93.9 cm³/mol. The first kappa shape index (κ1) is 15.1. The third kappa shape index (κ3) is 2.73. The predicted octanol–water partition coefficient (Wildman–Crippen LogP) is 3.36. The van der Waals surface area contributed by atoms with Gasteiger partial charge in [0.25, 0.3) is 5.91 Å². The highest BCUT2D eigenvalue weighted by Crippen LogP contribution is 2.24. The van der Waals surface area contributed by atoms with Crippen LogP contribution in [0.4, 0.5) is 0 Å².